The van der Waals surface area contributed by atoms with Crippen molar-refractivity contribution in [1.82, 2.24) is 15.0 Å². The summed E-state index contributed by atoms with van der Waals surface area (Å²) in [4.78, 5) is 37.9. The van der Waals surface area contributed by atoms with Crippen LogP contribution in [0.1, 0.15) is 45.1 Å². The van der Waals surface area contributed by atoms with Gasteiger partial charge in [-0.05, 0) is 77.1 Å². The third-order valence-corrected chi connectivity index (χ3v) is 6.94. The smallest absolute Gasteiger partial charge is 0.440 e. The number of nitrogens with one attached hydrogen (secondary N) is 2. The minimum Gasteiger partial charge on any atom is -0.489 e. The number of hydrogen-bond acceptors (Lipinski definition) is 6. The predicted molar refractivity (Wildman–Crippen MR) is 158 cm³/mol. The zero-order valence-electron chi connectivity index (χ0n) is 23.1. The Morgan fingerprint density at radius 1 is 0.952 bits per heavy atom. The van der Waals surface area contributed by atoms with Crippen molar-refractivity contribution in [2.24, 2.45) is 0 Å². The molecule has 42 heavy (non-hydrogen) atoms. The summed E-state index contributed by atoms with van der Waals surface area (Å²) in [6.07, 6.45) is 0.431. The van der Waals surface area contributed by atoms with Crippen molar-refractivity contribution in [3.63, 3.8) is 0 Å². The van der Waals surface area contributed by atoms with Crippen molar-refractivity contribution in [3.8, 4) is 16.9 Å². The van der Waals surface area contributed by atoms with E-state index in [9.17, 15) is 19.5 Å². The van der Waals surface area contributed by atoms with Gasteiger partial charge in [0.1, 0.15) is 12.4 Å². The number of benzene rings is 4. The summed E-state index contributed by atoms with van der Waals surface area (Å²) in [5.74, 6) is -0.316. The van der Waals surface area contributed by atoms with Crippen LogP contribution in [0.3, 0.4) is 0 Å². The van der Waals surface area contributed by atoms with Gasteiger partial charge >= 0.3 is 11.4 Å². The maximum atomic E-state index is 13.1. The van der Waals surface area contributed by atoms with Crippen LogP contribution < -0.4 is 21.5 Å². The van der Waals surface area contributed by atoms with E-state index in [1.54, 1.807) is 24.3 Å². The molecule has 3 N–H and O–H groups in total. The van der Waals surface area contributed by atoms with Gasteiger partial charge in [-0.25, -0.2) is 14.6 Å². The van der Waals surface area contributed by atoms with Crippen LogP contribution in [-0.2, 0) is 13.2 Å². The van der Waals surface area contributed by atoms with Crippen molar-refractivity contribution in [1.29, 1.82) is 0 Å². The first-order chi connectivity index (χ1) is 20.4. The quantitative estimate of drug-likeness (QED) is 0.215. The summed E-state index contributed by atoms with van der Waals surface area (Å²) in [5.41, 5.74) is 5.67. The van der Waals surface area contributed by atoms with E-state index >= 15 is 0 Å². The number of aliphatic hydroxyl groups excluding tert-OH is 1. The number of H-pyrrole nitrogens is 1. The highest BCUT2D eigenvalue weighted by Crippen LogP contribution is 2.26. The molecule has 0 radical (unpaired) electrons. The van der Waals surface area contributed by atoms with Crippen LogP contribution in [0.25, 0.3) is 11.1 Å². The highest BCUT2D eigenvalue weighted by Gasteiger charge is 2.16. The van der Waals surface area contributed by atoms with E-state index in [-0.39, 0.29) is 25.1 Å². The molecule has 0 aliphatic carbocycles. The maximum Gasteiger partial charge on any atom is 0.440 e. The molecule has 9 nitrogen and oxygen atoms in total. The lowest BCUT2D eigenvalue weighted by Gasteiger charge is -2.19. The fraction of sp³-hybridized carbons (Fsp3) is 0.182. The second-order valence-corrected chi connectivity index (χ2v) is 9.96. The molecule has 1 atom stereocenters. The number of rotatable bonds is 11. The summed E-state index contributed by atoms with van der Waals surface area (Å²) in [5, 5.41) is 12.5. The Morgan fingerprint density at radius 2 is 1.74 bits per heavy atom. The Balaban J connectivity index is 1.23. The molecule has 0 saturated heterocycles. The van der Waals surface area contributed by atoms with Crippen molar-refractivity contribution >= 4 is 5.91 Å². The first-order valence-corrected chi connectivity index (χ1v) is 13.6. The first-order valence-electron chi connectivity index (χ1n) is 13.6. The zero-order valence-corrected chi connectivity index (χ0v) is 23.1. The second-order valence-electron chi connectivity index (χ2n) is 9.96. The molecule has 0 bridgehead atoms. The molecule has 5 rings (SSSR count). The Hall–Kier alpha value is -5.15. The standard InChI is InChI=1S/C33H31N3O6/c1-22-18-27(31(38)34-30(16-17-37)25-7-3-2-4-8-25)12-15-29(22)26-9-5-6-24(19-26)21-41-28-13-10-23(11-14-28)20-36-32(39)35-33(40)42-36/h2-15,18-19,30,37H,16-17,20-21H2,1H3,(H,34,38)(H,35,39,40). The van der Waals surface area contributed by atoms with Crippen LogP contribution in [-0.4, -0.2) is 27.3 Å². The molecular weight excluding hydrogens is 534 g/mol. The Morgan fingerprint density at radius 3 is 2.43 bits per heavy atom. The van der Waals surface area contributed by atoms with E-state index in [4.69, 9.17) is 9.26 Å². The Bertz CT molecular complexity index is 1770. The summed E-state index contributed by atoms with van der Waals surface area (Å²) in [6, 6.07) is 30.2. The van der Waals surface area contributed by atoms with Gasteiger partial charge in [0, 0.05) is 12.2 Å². The monoisotopic (exact) mass is 565 g/mol. The molecule has 0 aliphatic heterocycles. The molecule has 0 spiro atoms. The normalized spacial score (nSPS) is 11.7. The number of ether oxygens (including phenoxy) is 1. The lowest BCUT2D eigenvalue weighted by atomic mass is 9.96. The molecule has 1 heterocycles. The highest BCUT2D eigenvalue weighted by molar-refractivity contribution is 5.95. The van der Waals surface area contributed by atoms with Crippen LogP contribution in [0, 0.1) is 6.92 Å². The number of aliphatic hydroxyl groups is 1. The molecule has 1 amide bonds. The van der Waals surface area contributed by atoms with E-state index in [1.165, 1.54) is 0 Å². The van der Waals surface area contributed by atoms with Crippen molar-refractivity contribution in [3.05, 3.63) is 146 Å². The van der Waals surface area contributed by atoms with Gasteiger partial charge in [-0.15, -0.1) is 4.74 Å². The van der Waals surface area contributed by atoms with Gasteiger partial charge in [0.2, 0.25) is 0 Å². The number of amides is 1. The minimum atomic E-state index is -0.787. The first kappa shape index (κ1) is 28.4. The molecule has 0 saturated carbocycles. The number of carbonyl (C=O) groups is 1. The van der Waals surface area contributed by atoms with Crippen molar-refractivity contribution in [2.75, 3.05) is 6.61 Å². The lowest BCUT2D eigenvalue weighted by molar-refractivity contribution is 0.0930. The van der Waals surface area contributed by atoms with E-state index in [2.05, 4.69) is 16.4 Å². The van der Waals surface area contributed by atoms with E-state index in [1.807, 2.05) is 73.7 Å². The van der Waals surface area contributed by atoms with Crippen molar-refractivity contribution < 1.29 is 19.2 Å². The molecule has 1 aromatic heterocycles. The average Bonchev–Trinajstić information content (AvgIpc) is 3.32. The third-order valence-electron chi connectivity index (χ3n) is 6.94. The van der Waals surface area contributed by atoms with Crippen LogP contribution in [0.5, 0.6) is 5.75 Å². The molecule has 214 valence electrons. The Kier molecular flexibility index (Phi) is 8.79. The predicted octanol–water partition coefficient (Wildman–Crippen LogP) is 4.59. The molecular formula is C33H31N3O6. The topological polar surface area (TPSA) is 127 Å². The largest absolute Gasteiger partial charge is 0.489 e. The summed E-state index contributed by atoms with van der Waals surface area (Å²) in [7, 11) is 0. The van der Waals surface area contributed by atoms with E-state index in [0.717, 1.165) is 38.1 Å². The number of aromatic amines is 1. The maximum absolute atomic E-state index is 13.1. The van der Waals surface area contributed by atoms with Gasteiger partial charge in [0.05, 0.1) is 12.6 Å². The molecule has 0 fully saturated rings. The second kappa shape index (κ2) is 13.0. The average molecular weight is 566 g/mol. The van der Waals surface area contributed by atoms with Crippen LogP contribution in [0.15, 0.2) is 111 Å². The highest BCUT2D eigenvalue weighted by atomic mass is 16.5. The van der Waals surface area contributed by atoms with Crippen LogP contribution in [0.4, 0.5) is 0 Å². The van der Waals surface area contributed by atoms with Crippen LogP contribution in [0.2, 0.25) is 0 Å². The van der Waals surface area contributed by atoms with Gasteiger partial charge in [-0.2, -0.15) is 0 Å². The summed E-state index contributed by atoms with van der Waals surface area (Å²) < 4.78 is 11.7. The number of hydrogen-bond donors (Lipinski definition) is 3. The summed E-state index contributed by atoms with van der Waals surface area (Å²) in [6.45, 7) is 2.44. The zero-order chi connectivity index (χ0) is 29.5. The van der Waals surface area contributed by atoms with Gasteiger partial charge in [0.25, 0.3) is 5.91 Å². The number of nitrogens with zero attached hydrogens (tertiary/aromatic N) is 1. The van der Waals surface area contributed by atoms with Gasteiger partial charge in [-0.1, -0.05) is 66.7 Å². The van der Waals surface area contributed by atoms with Gasteiger partial charge in [-0.3, -0.25) is 4.79 Å². The third kappa shape index (κ3) is 6.94. The molecule has 4 aromatic carbocycles. The fourth-order valence-electron chi connectivity index (χ4n) is 4.78. The summed E-state index contributed by atoms with van der Waals surface area (Å²) >= 11 is 0. The SMILES string of the molecule is Cc1cc(C(=O)NC(CCO)c2ccccc2)ccc1-c1cccc(COc2ccc(Cn3oc(=O)[nH]c3=O)cc2)c1. The van der Waals surface area contributed by atoms with Crippen LogP contribution >= 0.6 is 0 Å². The number of carbonyl (C=O) groups excluding carboxylic acids is 1. The van der Waals surface area contributed by atoms with Gasteiger partial charge in [0.15, 0.2) is 0 Å². The number of aromatic nitrogens is 2. The Labute approximate surface area is 242 Å². The molecule has 1 unspecified atom stereocenters. The van der Waals surface area contributed by atoms with Gasteiger partial charge < -0.3 is 19.7 Å². The number of aryl methyl sites for hydroxylation is 1. The minimum absolute atomic E-state index is 0.0272. The lowest BCUT2D eigenvalue weighted by Crippen LogP contribution is -2.29. The molecule has 9 heteroatoms. The van der Waals surface area contributed by atoms with Crippen molar-refractivity contribution in [2.45, 2.75) is 32.5 Å². The van der Waals surface area contributed by atoms with E-state index < -0.39 is 11.4 Å². The van der Waals surface area contributed by atoms with E-state index in [0.29, 0.717) is 24.3 Å². The fourth-order valence-corrected chi connectivity index (χ4v) is 4.78. The molecule has 0 aliphatic rings. The molecule has 5 aromatic rings.